The van der Waals surface area contributed by atoms with Gasteiger partial charge < -0.3 is 5.32 Å². The van der Waals surface area contributed by atoms with Crippen LogP contribution in [0.15, 0.2) is 59.5 Å². The van der Waals surface area contributed by atoms with Gasteiger partial charge in [0.1, 0.15) is 0 Å². The number of nitrogens with one attached hydrogen (secondary N) is 1. The van der Waals surface area contributed by atoms with Gasteiger partial charge in [0.2, 0.25) is 10.0 Å². The lowest BCUT2D eigenvalue weighted by Gasteiger charge is -2.18. The van der Waals surface area contributed by atoms with Crippen LogP contribution in [0.3, 0.4) is 0 Å². The monoisotopic (exact) mass is 388 g/mol. The van der Waals surface area contributed by atoms with Crippen molar-refractivity contribution in [1.29, 1.82) is 0 Å². The van der Waals surface area contributed by atoms with Crippen molar-refractivity contribution < 1.29 is 13.2 Å². The summed E-state index contributed by atoms with van der Waals surface area (Å²) >= 11 is 0. The Morgan fingerprint density at radius 1 is 1.00 bits per heavy atom. The number of amides is 1. The van der Waals surface area contributed by atoms with E-state index in [0.29, 0.717) is 18.7 Å². The summed E-state index contributed by atoms with van der Waals surface area (Å²) in [5.74, 6) is -0.192. The molecule has 0 heterocycles. The Kier molecular flexibility index (Phi) is 7.56. The molecule has 1 atom stereocenters. The summed E-state index contributed by atoms with van der Waals surface area (Å²) in [4.78, 5) is 12.6. The maximum Gasteiger partial charge on any atom is 0.251 e. The molecule has 2 aromatic rings. The second-order valence-electron chi connectivity index (χ2n) is 6.51. The largest absolute Gasteiger partial charge is 0.350 e. The normalized spacial score (nSPS) is 12.7. The van der Waals surface area contributed by atoms with Crippen LogP contribution in [0.1, 0.15) is 43.1 Å². The molecule has 0 saturated heterocycles. The molecule has 5 nitrogen and oxygen atoms in total. The summed E-state index contributed by atoms with van der Waals surface area (Å²) in [7, 11) is -3.50. The minimum atomic E-state index is -3.50. The third-order valence-corrected chi connectivity index (χ3v) is 6.61. The molecule has 146 valence electrons. The fourth-order valence-electron chi connectivity index (χ4n) is 2.90. The van der Waals surface area contributed by atoms with Crippen LogP contribution in [0.2, 0.25) is 0 Å². The highest BCUT2D eigenvalue weighted by Crippen LogP contribution is 2.16. The predicted molar refractivity (Wildman–Crippen MR) is 108 cm³/mol. The molecule has 27 heavy (non-hydrogen) atoms. The predicted octanol–water partition coefficient (Wildman–Crippen LogP) is 3.47. The van der Waals surface area contributed by atoms with Crippen molar-refractivity contribution in [3.8, 4) is 0 Å². The van der Waals surface area contributed by atoms with Gasteiger partial charge in [-0.15, -0.1) is 0 Å². The van der Waals surface area contributed by atoms with Crippen LogP contribution in [0.4, 0.5) is 0 Å². The first-order chi connectivity index (χ1) is 12.9. The molecule has 0 aliphatic rings. The van der Waals surface area contributed by atoms with Gasteiger partial charge in [0.05, 0.1) is 4.90 Å². The molecule has 2 aromatic carbocycles. The second kappa shape index (κ2) is 9.67. The lowest BCUT2D eigenvalue weighted by atomic mass is 10.1. The Balaban J connectivity index is 1.97. The van der Waals surface area contributed by atoms with Crippen molar-refractivity contribution in [2.75, 3.05) is 13.1 Å². The van der Waals surface area contributed by atoms with E-state index in [1.165, 1.54) is 22.0 Å². The number of hydrogen-bond acceptors (Lipinski definition) is 3. The first kappa shape index (κ1) is 21.1. The summed E-state index contributed by atoms with van der Waals surface area (Å²) < 4.78 is 26.4. The highest BCUT2D eigenvalue weighted by molar-refractivity contribution is 7.89. The average molecular weight is 389 g/mol. The summed E-state index contributed by atoms with van der Waals surface area (Å²) in [5.41, 5.74) is 1.70. The number of hydrogen-bond donors (Lipinski definition) is 1. The van der Waals surface area contributed by atoms with Gasteiger partial charge in [0.25, 0.3) is 5.91 Å². The van der Waals surface area contributed by atoms with E-state index in [2.05, 4.69) is 17.4 Å². The van der Waals surface area contributed by atoms with Gasteiger partial charge in [-0.2, -0.15) is 4.31 Å². The Morgan fingerprint density at radius 3 is 2.15 bits per heavy atom. The number of sulfonamides is 1. The fraction of sp³-hybridized carbons (Fsp3) is 0.381. The Bertz CT molecular complexity index is 829. The molecule has 0 bridgehead atoms. The van der Waals surface area contributed by atoms with Crippen molar-refractivity contribution >= 4 is 15.9 Å². The van der Waals surface area contributed by atoms with Crippen LogP contribution in [-0.2, 0) is 16.4 Å². The zero-order valence-electron chi connectivity index (χ0n) is 16.2. The Labute approximate surface area is 162 Å². The number of benzene rings is 2. The molecule has 0 saturated carbocycles. The van der Waals surface area contributed by atoms with E-state index in [-0.39, 0.29) is 16.8 Å². The number of carbonyl (C=O) groups is 1. The molecule has 1 N–H and O–H groups in total. The van der Waals surface area contributed by atoms with Crippen LogP contribution < -0.4 is 5.32 Å². The van der Waals surface area contributed by atoms with Crippen LogP contribution >= 0.6 is 0 Å². The zero-order valence-corrected chi connectivity index (χ0v) is 17.0. The standard InChI is InChI=1S/C21H28N2O3S/c1-4-23(5-2)27(25,26)20-15-13-19(14-16-20)21(24)22-17(3)11-12-18-9-7-6-8-10-18/h6-10,13-17H,4-5,11-12H2,1-3H3,(H,22,24)/t17-/m1/s1. The zero-order chi connectivity index (χ0) is 19.9. The SMILES string of the molecule is CCN(CC)S(=O)(=O)c1ccc(C(=O)N[C@H](C)CCc2ccccc2)cc1. The van der Waals surface area contributed by atoms with E-state index >= 15 is 0 Å². The fourth-order valence-corrected chi connectivity index (χ4v) is 4.36. The molecule has 0 aliphatic carbocycles. The smallest absolute Gasteiger partial charge is 0.251 e. The summed E-state index contributed by atoms with van der Waals surface area (Å²) in [6.45, 7) is 6.42. The minimum Gasteiger partial charge on any atom is -0.350 e. The Hall–Kier alpha value is -2.18. The minimum absolute atomic E-state index is 0.0248. The molecule has 0 unspecified atom stereocenters. The van der Waals surface area contributed by atoms with Gasteiger partial charge >= 0.3 is 0 Å². The maximum absolute atomic E-state index is 12.5. The van der Waals surface area contributed by atoms with Crippen molar-refractivity contribution in [3.05, 3.63) is 65.7 Å². The summed E-state index contributed by atoms with van der Waals surface area (Å²) in [6, 6.07) is 16.3. The molecule has 0 aliphatic heterocycles. The number of carbonyl (C=O) groups excluding carboxylic acids is 1. The van der Waals surface area contributed by atoms with E-state index < -0.39 is 10.0 Å². The Morgan fingerprint density at radius 2 is 1.59 bits per heavy atom. The maximum atomic E-state index is 12.5. The average Bonchev–Trinajstić information content (AvgIpc) is 2.68. The topological polar surface area (TPSA) is 66.5 Å². The molecule has 1 amide bonds. The molecular weight excluding hydrogens is 360 g/mol. The second-order valence-corrected chi connectivity index (χ2v) is 8.45. The molecule has 0 spiro atoms. The van der Waals surface area contributed by atoms with Gasteiger partial charge in [0, 0.05) is 24.7 Å². The lowest BCUT2D eigenvalue weighted by molar-refractivity contribution is 0.0938. The van der Waals surface area contributed by atoms with Crippen LogP contribution in [0.25, 0.3) is 0 Å². The third kappa shape index (κ3) is 5.65. The number of aryl methyl sites for hydroxylation is 1. The molecule has 0 aromatic heterocycles. The van der Waals surface area contributed by atoms with E-state index in [4.69, 9.17) is 0 Å². The first-order valence-electron chi connectivity index (χ1n) is 9.33. The van der Waals surface area contributed by atoms with Crippen LogP contribution in [0, 0.1) is 0 Å². The van der Waals surface area contributed by atoms with E-state index in [1.807, 2.05) is 25.1 Å². The molecule has 0 radical (unpaired) electrons. The van der Waals surface area contributed by atoms with E-state index in [1.54, 1.807) is 26.0 Å². The van der Waals surface area contributed by atoms with Crippen LogP contribution in [0.5, 0.6) is 0 Å². The van der Waals surface area contributed by atoms with Gasteiger partial charge in [-0.1, -0.05) is 44.2 Å². The third-order valence-electron chi connectivity index (χ3n) is 4.55. The van der Waals surface area contributed by atoms with Gasteiger partial charge in [-0.05, 0) is 49.6 Å². The van der Waals surface area contributed by atoms with Crippen molar-refractivity contribution in [2.24, 2.45) is 0 Å². The van der Waals surface area contributed by atoms with E-state index in [9.17, 15) is 13.2 Å². The molecule has 2 rings (SSSR count). The molecule has 6 heteroatoms. The van der Waals surface area contributed by atoms with Gasteiger partial charge in [-0.25, -0.2) is 8.42 Å². The molecular formula is C21H28N2O3S. The number of rotatable bonds is 9. The van der Waals surface area contributed by atoms with Crippen molar-refractivity contribution in [2.45, 2.75) is 44.6 Å². The quantitative estimate of drug-likeness (QED) is 0.715. The number of nitrogens with zero attached hydrogens (tertiary/aromatic N) is 1. The van der Waals surface area contributed by atoms with E-state index in [0.717, 1.165) is 12.8 Å². The van der Waals surface area contributed by atoms with Crippen molar-refractivity contribution in [1.82, 2.24) is 9.62 Å². The van der Waals surface area contributed by atoms with Crippen molar-refractivity contribution in [3.63, 3.8) is 0 Å². The first-order valence-corrected chi connectivity index (χ1v) is 10.8. The van der Waals surface area contributed by atoms with Crippen LogP contribution in [-0.4, -0.2) is 37.8 Å². The lowest BCUT2D eigenvalue weighted by Crippen LogP contribution is -2.33. The molecule has 0 fully saturated rings. The highest BCUT2D eigenvalue weighted by atomic mass is 32.2. The van der Waals surface area contributed by atoms with Gasteiger partial charge in [0.15, 0.2) is 0 Å². The van der Waals surface area contributed by atoms with Gasteiger partial charge in [-0.3, -0.25) is 4.79 Å². The summed E-state index contributed by atoms with van der Waals surface area (Å²) in [6.07, 6.45) is 1.73. The highest BCUT2D eigenvalue weighted by Gasteiger charge is 2.21. The summed E-state index contributed by atoms with van der Waals surface area (Å²) in [5, 5.41) is 2.97.